The molecule has 2 saturated heterocycles. The predicted molar refractivity (Wildman–Crippen MR) is 252 cm³/mol. The largest absolute Gasteiger partial charge is 0.481 e. The highest BCUT2D eigenvalue weighted by atomic mass is 31.2. The number of ether oxygens (including phenoxy) is 6. The molecule has 0 bridgehead atoms. The van der Waals surface area contributed by atoms with Crippen molar-refractivity contribution in [1.82, 2.24) is 5.32 Å². The van der Waals surface area contributed by atoms with Crippen LogP contribution in [0, 0.1) is 0 Å². The lowest BCUT2D eigenvalue weighted by molar-refractivity contribution is -0.350. The Bertz CT molecular complexity index is 2310. The molecular weight excluding hydrogens is 910 g/mol. The Morgan fingerprint density at radius 3 is 1.54 bits per heavy atom. The van der Waals surface area contributed by atoms with Crippen LogP contribution in [0.15, 0.2) is 152 Å². The molecule has 2 aliphatic heterocycles. The number of aliphatic hydroxyl groups excluding tert-OH is 3. The minimum absolute atomic E-state index is 0.00769. The zero-order chi connectivity index (χ0) is 48.6. The maximum atomic E-state index is 14.7. The Hall–Kier alpha value is -5.17. The standard InChI is InChI=1S/C52H60NO15P/c54-43(55)27-26-40(51(59)60)53-50-49(68-52-46(58)45(57)44(56)41(67-52)32-65-69(61,33-38-22-12-4-13-23-38)34-39-24-14-5-15-25-39)48(64-30-37-20-10-3-11-21-37)47(63-29-36-18-8-2-9-19-36)42(66-50)31-62-28-35-16-6-1-7-17-35/h1-25,40-42,44-50,52-53,56-58H,26-34H2,(H,54,55)(H,59,60)/t40-,41+,42+,44+,45-,46-,47+,48-,49-,50-,52+/m0/s1. The van der Waals surface area contributed by atoms with Crippen molar-refractivity contribution in [3.05, 3.63) is 179 Å². The summed E-state index contributed by atoms with van der Waals surface area (Å²) in [6.45, 7) is -0.332. The van der Waals surface area contributed by atoms with Gasteiger partial charge in [0.05, 0.1) is 45.4 Å². The summed E-state index contributed by atoms with van der Waals surface area (Å²) in [5, 5.41) is 57.2. The second-order valence-electron chi connectivity index (χ2n) is 17.1. The Kier molecular flexibility index (Phi) is 19.2. The van der Waals surface area contributed by atoms with Gasteiger partial charge in [-0.25, -0.2) is 0 Å². The molecule has 0 amide bonds. The van der Waals surface area contributed by atoms with Gasteiger partial charge < -0.3 is 58.5 Å². The van der Waals surface area contributed by atoms with E-state index >= 15 is 0 Å². The quantitative estimate of drug-likeness (QED) is 0.0375. The van der Waals surface area contributed by atoms with E-state index in [4.69, 9.17) is 32.9 Å². The number of carbonyl (C=O) groups is 2. The lowest BCUT2D eigenvalue weighted by atomic mass is 9.95. The van der Waals surface area contributed by atoms with Gasteiger partial charge in [0.1, 0.15) is 61.1 Å². The molecule has 16 nitrogen and oxygen atoms in total. The van der Waals surface area contributed by atoms with Crippen LogP contribution in [-0.2, 0) is 79.2 Å². The SMILES string of the molecule is O=C(O)CC[C@H](N[C@H]1O[C@H](COCc2ccccc2)[C@@H](OCc2ccccc2)[C@H](OCc2ccccc2)[C@@H]1O[C@H]1O[C@H](COP(=O)(Cc2ccccc2)Cc2ccccc2)[C@@H](O)[C@H](O)[C@@H]1O)C(=O)O. The van der Waals surface area contributed by atoms with Crippen LogP contribution in [0.2, 0.25) is 0 Å². The molecule has 69 heavy (non-hydrogen) atoms. The molecular formula is C52H60NO15P. The number of aliphatic carboxylic acids is 2. The van der Waals surface area contributed by atoms with Gasteiger partial charge in [-0.1, -0.05) is 152 Å². The van der Waals surface area contributed by atoms with Crippen LogP contribution in [-0.4, -0.2) is 118 Å². The number of carboxylic acid groups (broad SMARTS) is 2. The van der Waals surface area contributed by atoms with Crippen molar-refractivity contribution < 1.29 is 72.6 Å². The van der Waals surface area contributed by atoms with E-state index in [1.807, 2.05) is 152 Å². The minimum Gasteiger partial charge on any atom is -0.481 e. The maximum Gasteiger partial charge on any atom is 0.320 e. The summed E-state index contributed by atoms with van der Waals surface area (Å²) in [5.41, 5.74) is 3.96. The third kappa shape index (κ3) is 15.2. The molecule has 17 heteroatoms. The fraction of sp³-hybridized carbons (Fsp3) is 0.385. The minimum atomic E-state index is -3.57. The Balaban J connectivity index is 1.22. The molecule has 368 valence electrons. The van der Waals surface area contributed by atoms with Gasteiger partial charge in [0.15, 0.2) is 6.29 Å². The van der Waals surface area contributed by atoms with Gasteiger partial charge in [0.25, 0.3) is 0 Å². The molecule has 11 atom stereocenters. The number of benzene rings is 5. The second kappa shape index (κ2) is 25.6. The lowest BCUT2D eigenvalue weighted by Gasteiger charge is -2.49. The molecule has 0 radical (unpaired) electrons. The first-order valence-electron chi connectivity index (χ1n) is 22.9. The van der Waals surface area contributed by atoms with Gasteiger partial charge in [-0.15, -0.1) is 0 Å². The zero-order valence-corrected chi connectivity index (χ0v) is 38.8. The predicted octanol–water partition coefficient (Wildman–Crippen LogP) is 5.89. The van der Waals surface area contributed by atoms with Crippen molar-refractivity contribution in [2.24, 2.45) is 0 Å². The molecule has 5 aromatic carbocycles. The highest BCUT2D eigenvalue weighted by Crippen LogP contribution is 2.53. The lowest BCUT2D eigenvalue weighted by Crippen LogP contribution is -2.68. The van der Waals surface area contributed by atoms with Gasteiger partial charge in [-0.2, -0.15) is 0 Å². The number of nitrogens with one attached hydrogen (secondary N) is 1. The van der Waals surface area contributed by atoms with Crippen LogP contribution in [0.1, 0.15) is 40.7 Å². The van der Waals surface area contributed by atoms with E-state index in [-0.39, 0.29) is 45.2 Å². The molecule has 0 aliphatic carbocycles. The van der Waals surface area contributed by atoms with Crippen molar-refractivity contribution in [1.29, 1.82) is 0 Å². The van der Waals surface area contributed by atoms with Crippen LogP contribution >= 0.6 is 7.37 Å². The van der Waals surface area contributed by atoms with E-state index in [2.05, 4.69) is 5.32 Å². The van der Waals surface area contributed by atoms with Gasteiger partial charge >= 0.3 is 11.9 Å². The van der Waals surface area contributed by atoms with Crippen LogP contribution in [0.4, 0.5) is 0 Å². The Labute approximate surface area is 401 Å². The zero-order valence-electron chi connectivity index (χ0n) is 37.9. The molecule has 0 aromatic heterocycles. The van der Waals surface area contributed by atoms with E-state index in [1.165, 1.54) is 0 Å². The average molecular weight is 970 g/mol. The van der Waals surface area contributed by atoms with E-state index in [0.717, 1.165) is 27.8 Å². The second-order valence-corrected chi connectivity index (χ2v) is 19.6. The molecule has 0 spiro atoms. The Morgan fingerprint density at radius 2 is 1.04 bits per heavy atom. The Morgan fingerprint density at radius 1 is 0.565 bits per heavy atom. The first-order chi connectivity index (χ1) is 33.4. The average Bonchev–Trinajstić information content (AvgIpc) is 3.36. The summed E-state index contributed by atoms with van der Waals surface area (Å²) in [4.78, 5) is 24.5. The fourth-order valence-corrected chi connectivity index (χ4v) is 10.5. The number of rotatable bonds is 25. The number of aliphatic hydroxyl groups is 3. The van der Waals surface area contributed by atoms with Crippen LogP contribution in [0.3, 0.4) is 0 Å². The number of hydrogen-bond acceptors (Lipinski definition) is 14. The fourth-order valence-electron chi connectivity index (χ4n) is 8.27. The summed E-state index contributed by atoms with van der Waals surface area (Å²) >= 11 is 0. The summed E-state index contributed by atoms with van der Waals surface area (Å²) in [5.74, 6) is -2.59. The molecule has 5 aromatic rings. The van der Waals surface area contributed by atoms with Crippen LogP contribution in [0.5, 0.6) is 0 Å². The third-order valence-corrected chi connectivity index (χ3v) is 14.2. The molecule has 2 fully saturated rings. The summed E-state index contributed by atoms with van der Waals surface area (Å²) in [6, 6.07) is 44.8. The van der Waals surface area contributed by atoms with Crippen molar-refractivity contribution in [2.75, 3.05) is 13.2 Å². The van der Waals surface area contributed by atoms with E-state index < -0.39 is 99.7 Å². The third-order valence-electron chi connectivity index (χ3n) is 11.9. The topological polar surface area (TPSA) is 229 Å². The van der Waals surface area contributed by atoms with Crippen molar-refractivity contribution in [3.8, 4) is 0 Å². The summed E-state index contributed by atoms with van der Waals surface area (Å²) in [6.07, 6.45) is -15.5. The molecule has 0 unspecified atom stereocenters. The smallest absolute Gasteiger partial charge is 0.320 e. The summed E-state index contributed by atoms with van der Waals surface area (Å²) in [7, 11) is -3.57. The van der Waals surface area contributed by atoms with E-state index in [9.17, 15) is 39.7 Å². The van der Waals surface area contributed by atoms with Crippen LogP contribution in [0.25, 0.3) is 0 Å². The van der Waals surface area contributed by atoms with Crippen LogP contribution < -0.4 is 5.32 Å². The number of hydrogen-bond donors (Lipinski definition) is 6. The molecule has 2 heterocycles. The van der Waals surface area contributed by atoms with E-state index in [1.54, 1.807) is 0 Å². The highest BCUT2D eigenvalue weighted by Gasteiger charge is 2.53. The van der Waals surface area contributed by atoms with Crippen molar-refractivity contribution in [3.63, 3.8) is 0 Å². The van der Waals surface area contributed by atoms with Crippen molar-refractivity contribution in [2.45, 2.75) is 112 Å². The highest BCUT2D eigenvalue weighted by molar-refractivity contribution is 7.57. The number of carboxylic acids is 2. The van der Waals surface area contributed by atoms with Gasteiger partial charge in [-0.3, -0.25) is 19.5 Å². The molecule has 2 aliphatic rings. The first kappa shape index (κ1) is 51.7. The maximum absolute atomic E-state index is 14.7. The normalized spacial score (nSPS) is 25.4. The van der Waals surface area contributed by atoms with E-state index in [0.29, 0.717) is 0 Å². The van der Waals surface area contributed by atoms with Crippen molar-refractivity contribution >= 4 is 19.3 Å². The van der Waals surface area contributed by atoms with Gasteiger partial charge in [0, 0.05) is 6.42 Å². The molecule has 7 rings (SSSR count). The van der Waals surface area contributed by atoms with Gasteiger partial charge in [0.2, 0.25) is 7.37 Å². The molecule has 0 saturated carbocycles. The monoisotopic (exact) mass is 969 g/mol. The molecule has 6 N–H and O–H groups in total. The first-order valence-corrected chi connectivity index (χ1v) is 24.9. The van der Waals surface area contributed by atoms with Gasteiger partial charge in [-0.05, 0) is 34.2 Å². The summed E-state index contributed by atoms with van der Waals surface area (Å²) < 4.78 is 60.1.